The summed E-state index contributed by atoms with van der Waals surface area (Å²) in [6.45, 7) is 6.92. The van der Waals surface area contributed by atoms with Crippen LogP contribution >= 0.6 is 0 Å². The molecule has 8 rings (SSSR count). The SMILES string of the molecule is Cc1ccc2c(c1)C(C)(C)c1cc(-c3c4ccccc4c(-c4ccccc4)c4ccccc34)c3cccnc3c1-2. The second-order valence-electron chi connectivity index (χ2n) is 11.6. The smallest absolute Gasteiger partial charge is 0.0789 e. The minimum atomic E-state index is -0.118. The fraction of sp³-hybridized carbons (Fsp3) is 0.103. The molecule has 0 atom stereocenters. The zero-order valence-electron chi connectivity index (χ0n) is 23.0. The topological polar surface area (TPSA) is 12.9 Å². The van der Waals surface area contributed by atoms with Crippen LogP contribution in [0.1, 0.15) is 30.5 Å². The lowest BCUT2D eigenvalue weighted by atomic mass is 9.79. The van der Waals surface area contributed by atoms with E-state index in [0.717, 1.165) is 5.52 Å². The molecule has 6 aromatic carbocycles. The Kier molecular flexibility index (Phi) is 4.85. The Morgan fingerprint density at radius 1 is 0.500 bits per heavy atom. The van der Waals surface area contributed by atoms with Gasteiger partial charge in [-0.15, -0.1) is 0 Å². The van der Waals surface area contributed by atoms with Crippen molar-refractivity contribution in [2.75, 3.05) is 0 Å². The number of benzene rings is 6. The maximum Gasteiger partial charge on any atom is 0.0789 e. The van der Waals surface area contributed by atoms with Crippen molar-refractivity contribution >= 4 is 32.4 Å². The molecule has 1 heteroatoms. The Bertz CT molecular complexity index is 2080. The highest BCUT2D eigenvalue weighted by Crippen LogP contribution is 2.54. The summed E-state index contributed by atoms with van der Waals surface area (Å²) >= 11 is 0. The average molecular weight is 512 g/mol. The molecule has 1 aliphatic carbocycles. The van der Waals surface area contributed by atoms with E-state index in [0.29, 0.717) is 0 Å². The van der Waals surface area contributed by atoms with Gasteiger partial charge in [0.05, 0.1) is 5.52 Å². The molecule has 0 N–H and O–H groups in total. The molecule has 0 saturated heterocycles. The molecule has 1 nitrogen and oxygen atoms in total. The van der Waals surface area contributed by atoms with E-state index in [2.05, 4.69) is 136 Å². The van der Waals surface area contributed by atoms with Gasteiger partial charge >= 0.3 is 0 Å². The standard InChI is InChI=1S/C39H29N/c1-24-19-20-31-33(22-24)39(2,3)34-23-32(30-18-11-21-40-38(30)37(31)34)36-28-16-9-7-14-26(28)35(25-12-5-4-6-13-25)27-15-8-10-17-29(27)36/h4-23H,1-3H3. The Hall–Kier alpha value is -4.75. The van der Waals surface area contributed by atoms with Crippen LogP contribution in [0.15, 0.2) is 121 Å². The number of hydrogen-bond acceptors (Lipinski definition) is 1. The first-order valence-electron chi connectivity index (χ1n) is 14.1. The maximum atomic E-state index is 5.05. The molecule has 0 amide bonds. The highest BCUT2D eigenvalue weighted by Gasteiger charge is 2.38. The number of fused-ring (bicyclic) bond motifs is 7. The molecule has 0 spiro atoms. The van der Waals surface area contributed by atoms with Gasteiger partial charge in [0.25, 0.3) is 0 Å². The van der Waals surface area contributed by atoms with E-state index >= 15 is 0 Å². The Balaban J connectivity index is 1.56. The fourth-order valence-electron chi connectivity index (χ4n) is 7.09. The van der Waals surface area contributed by atoms with E-state index in [9.17, 15) is 0 Å². The van der Waals surface area contributed by atoms with Crippen LogP contribution in [0.3, 0.4) is 0 Å². The van der Waals surface area contributed by atoms with Crippen LogP contribution in [0, 0.1) is 6.92 Å². The zero-order chi connectivity index (χ0) is 27.0. The Labute approximate surface area is 234 Å². The monoisotopic (exact) mass is 511 g/mol. The third kappa shape index (κ3) is 3.12. The largest absolute Gasteiger partial charge is 0.256 e. The second-order valence-corrected chi connectivity index (χ2v) is 11.6. The molecule has 1 heterocycles. The van der Waals surface area contributed by atoms with Gasteiger partial charge in [-0.25, -0.2) is 0 Å². The molecule has 0 saturated carbocycles. The quantitative estimate of drug-likeness (QED) is 0.210. The van der Waals surface area contributed by atoms with Gasteiger partial charge in [0.2, 0.25) is 0 Å². The third-order valence-electron chi connectivity index (χ3n) is 8.95. The van der Waals surface area contributed by atoms with Crippen LogP contribution in [0.25, 0.3) is 65.8 Å². The van der Waals surface area contributed by atoms with Crippen molar-refractivity contribution in [2.24, 2.45) is 0 Å². The predicted octanol–water partition coefficient (Wildman–Crippen LogP) is 10.5. The Morgan fingerprint density at radius 3 is 1.77 bits per heavy atom. The third-order valence-corrected chi connectivity index (χ3v) is 8.95. The van der Waals surface area contributed by atoms with Gasteiger partial charge in [-0.1, -0.05) is 123 Å². The number of rotatable bonds is 2. The van der Waals surface area contributed by atoms with E-state index < -0.39 is 0 Å². The maximum absolute atomic E-state index is 5.05. The van der Waals surface area contributed by atoms with Crippen molar-refractivity contribution in [3.05, 3.63) is 138 Å². The lowest BCUT2D eigenvalue weighted by Crippen LogP contribution is -2.15. The number of hydrogen-bond donors (Lipinski definition) is 0. The summed E-state index contributed by atoms with van der Waals surface area (Å²) in [7, 11) is 0. The summed E-state index contributed by atoms with van der Waals surface area (Å²) in [5.41, 5.74) is 12.7. The number of pyridine rings is 1. The normalized spacial score (nSPS) is 13.6. The van der Waals surface area contributed by atoms with Crippen molar-refractivity contribution in [3.8, 4) is 33.4 Å². The van der Waals surface area contributed by atoms with Gasteiger partial charge in [-0.2, -0.15) is 0 Å². The summed E-state index contributed by atoms with van der Waals surface area (Å²) in [5.74, 6) is 0. The minimum absolute atomic E-state index is 0.118. The zero-order valence-corrected chi connectivity index (χ0v) is 23.0. The van der Waals surface area contributed by atoms with E-state index in [1.165, 1.54) is 77.0 Å². The first-order chi connectivity index (χ1) is 19.5. The molecule has 190 valence electrons. The van der Waals surface area contributed by atoms with Gasteiger partial charge in [-0.3, -0.25) is 4.98 Å². The van der Waals surface area contributed by atoms with E-state index in [4.69, 9.17) is 4.98 Å². The lowest BCUT2D eigenvalue weighted by Gasteiger charge is -2.24. The van der Waals surface area contributed by atoms with Gasteiger partial charge in [0.15, 0.2) is 0 Å². The summed E-state index contributed by atoms with van der Waals surface area (Å²) in [6.07, 6.45) is 1.94. The highest BCUT2D eigenvalue weighted by molar-refractivity contribution is 6.24. The molecule has 0 unspecified atom stereocenters. The molecule has 40 heavy (non-hydrogen) atoms. The van der Waals surface area contributed by atoms with E-state index in [1.54, 1.807) is 0 Å². The summed E-state index contributed by atoms with van der Waals surface area (Å²) < 4.78 is 0. The molecular weight excluding hydrogens is 482 g/mol. The lowest BCUT2D eigenvalue weighted by molar-refractivity contribution is 0.660. The van der Waals surface area contributed by atoms with Crippen LogP contribution < -0.4 is 0 Å². The Morgan fingerprint density at radius 2 is 1.10 bits per heavy atom. The van der Waals surface area contributed by atoms with Crippen LogP contribution in [0.2, 0.25) is 0 Å². The van der Waals surface area contributed by atoms with Crippen molar-refractivity contribution < 1.29 is 0 Å². The van der Waals surface area contributed by atoms with Crippen LogP contribution in [0.4, 0.5) is 0 Å². The van der Waals surface area contributed by atoms with Crippen molar-refractivity contribution in [3.63, 3.8) is 0 Å². The number of aromatic nitrogens is 1. The van der Waals surface area contributed by atoms with Crippen LogP contribution in [-0.2, 0) is 5.41 Å². The fourth-order valence-corrected chi connectivity index (χ4v) is 7.09. The molecule has 1 aliphatic rings. The summed E-state index contributed by atoms with van der Waals surface area (Å²) in [6, 6.07) is 42.3. The molecule has 0 aliphatic heterocycles. The van der Waals surface area contributed by atoms with Crippen LogP contribution in [-0.4, -0.2) is 4.98 Å². The predicted molar refractivity (Wildman–Crippen MR) is 170 cm³/mol. The van der Waals surface area contributed by atoms with Gasteiger partial charge < -0.3 is 0 Å². The first-order valence-corrected chi connectivity index (χ1v) is 14.1. The number of aryl methyl sites for hydroxylation is 1. The molecule has 0 radical (unpaired) electrons. The van der Waals surface area contributed by atoms with Gasteiger partial charge in [-0.05, 0) is 79.5 Å². The minimum Gasteiger partial charge on any atom is -0.256 e. The van der Waals surface area contributed by atoms with Crippen molar-refractivity contribution in [1.29, 1.82) is 0 Å². The van der Waals surface area contributed by atoms with Crippen molar-refractivity contribution in [1.82, 2.24) is 4.98 Å². The first kappa shape index (κ1) is 23.2. The highest BCUT2D eigenvalue weighted by atomic mass is 14.7. The molecule has 0 fully saturated rings. The molecule has 0 bridgehead atoms. The van der Waals surface area contributed by atoms with Crippen LogP contribution in [0.5, 0.6) is 0 Å². The molecular formula is C39H29N. The van der Waals surface area contributed by atoms with Crippen molar-refractivity contribution in [2.45, 2.75) is 26.2 Å². The second kappa shape index (κ2) is 8.37. The van der Waals surface area contributed by atoms with E-state index in [-0.39, 0.29) is 5.41 Å². The number of nitrogens with zero attached hydrogens (tertiary/aromatic N) is 1. The summed E-state index contributed by atoms with van der Waals surface area (Å²) in [5, 5.41) is 6.30. The van der Waals surface area contributed by atoms with Gasteiger partial charge in [0, 0.05) is 22.6 Å². The van der Waals surface area contributed by atoms with E-state index in [1.807, 2.05) is 6.20 Å². The molecule has 1 aromatic heterocycles. The molecule has 7 aromatic rings. The van der Waals surface area contributed by atoms with Gasteiger partial charge in [0.1, 0.15) is 0 Å². The summed E-state index contributed by atoms with van der Waals surface area (Å²) in [4.78, 5) is 5.05. The average Bonchev–Trinajstić information content (AvgIpc) is 3.21.